The van der Waals surface area contributed by atoms with Gasteiger partial charge in [-0.3, -0.25) is 9.69 Å². The molecule has 3 atom stereocenters. The van der Waals surface area contributed by atoms with E-state index in [2.05, 4.69) is 12.1 Å². The molecule has 1 aromatic rings. The second-order valence-corrected chi connectivity index (χ2v) is 9.01. The third-order valence-electron chi connectivity index (χ3n) is 5.90. The Kier molecular flexibility index (Phi) is 4.09. The summed E-state index contributed by atoms with van der Waals surface area (Å²) in [5.74, 6) is -0.343. The lowest BCUT2D eigenvalue weighted by Crippen LogP contribution is -2.54. The number of nitriles is 1. The summed E-state index contributed by atoms with van der Waals surface area (Å²) in [5.41, 5.74) is 12.9. The highest BCUT2D eigenvalue weighted by Gasteiger charge is 2.50. The van der Waals surface area contributed by atoms with E-state index in [9.17, 15) is 10.1 Å². The summed E-state index contributed by atoms with van der Waals surface area (Å²) in [7, 11) is 1.65. The van der Waals surface area contributed by atoms with Gasteiger partial charge in [-0.2, -0.15) is 5.26 Å². The molecule has 0 bridgehead atoms. The highest BCUT2D eigenvalue weighted by atomic mass is 32.2. The maximum absolute atomic E-state index is 13.2. The molecule has 4 N–H and O–H groups in total. The summed E-state index contributed by atoms with van der Waals surface area (Å²) < 4.78 is 0. The van der Waals surface area contributed by atoms with Gasteiger partial charge < -0.3 is 11.5 Å². The van der Waals surface area contributed by atoms with E-state index in [0.717, 1.165) is 35.3 Å². The summed E-state index contributed by atoms with van der Waals surface area (Å²) in [6.45, 7) is 1.96. The van der Waals surface area contributed by atoms with E-state index in [1.807, 2.05) is 31.2 Å². The first kappa shape index (κ1) is 18.1. The molecule has 1 amide bonds. The van der Waals surface area contributed by atoms with Crippen LogP contribution in [-0.2, 0) is 10.2 Å². The third-order valence-corrected chi connectivity index (χ3v) is 7.23. The Hall–Kier alpha value is -2.30. The molecule has 1 aliphatic carbocycles. The predicted molar refractivity (Wildman–Crippen MR) is 107 cm³/mol. The lowest BCUT2D eigenvalue weighted by molar-refractivity contribution is -0.129. The Morgan fingerprint density at radius 2 is 2.00 bits per heavy atom. The summed E-state index contributed by atoms with van der Waals surface area (Å²) in [4.78, 5) is 20.3. The number of nitrogens with two attached hydrogens (primary N) is 2. The van der Waals surface area contributed by atoms with Crippen LogP contribution in [0.2, 0.25) is 0 Å². The number of aliphatic imine (C=N–C) groups is 1. The Bertz CT molecular complexity index is 896. The van der Waals surface area contributed by atoms with E-state index in [-0.39, 0.29) is 22.7 Å². The van der Waals surface area contributed by atoms with E-state index < -0.39 is 11.5 Å². The molecule has 1 fully saturated rings. The highest BCUT2D eigenvalue weighted by Crippen LogP contribution is 2.50. The second kappa shape index (κ2) is 6.11. The van der Waals surface area contributed by atoms with Crippen LogP contribution >= 0.6 is 11.8 Å². The average Bonchev–Trinajstić information content (AvgIpc) is 3.33. The van der Waals surface area contributed by atoms with Crippen molar-refractivity contribution < 1.29 is 4.79 Å². The number of benzene rings is 1. The van der Waals surface area contributed by atoms with Gasteiger partial charge in [0.2, 0.25) is 5.91 Å². The molecule has 1 unspecified atom stereocenters. The molecule has 0 aromatic heterocycles. The number of nitrogens with zero attached hydrogens (tertiary/aromatic N) is 3. The van der Waals surface area contributed by atoms with Gasteiger partial charge in [-0.05, 0) is 37.3 Å². The van der Waals surface area contributed by atoms with Crippen LogP contribution in [0.15, 0.2) is 40.2 Å². The Morgan fingerprint density at radius 3 is 2.52 bits per heavy atom. The van der Waals surface area contributed by atoms with E-state index in [1.165, 1.54) is 4.90 Å². The molecular formula is C20H23N5OS. The number of thioether (sulfide) groups is 1. The highest BCUT2D eigenvalue weighted by molar-refractivity contribution is 8.04. The summed E-state index contributed by atoms with van der Waals surface area (Å²) in [6, 6.07) is 10.3. The predicted octanol–water partition coefficient (Wildman–Crippen LogP) is 2.18. The number of hydrogen-bond donors (Lipinski definition) is 2. The van der Waals surface area contributed by atoms with E-state index >= 15 is 0 Å². The van der Waals surface area contributed by atoms with Crippen LogP contribution in [0.25, 0.3) is 0 Å². The van der Waals surface area contributed by atoms with Crippen molar-refractivity contribution in [1.82, 2.24) is 4.90 Å². The lowest BCUT2D eigenvalue weighted by Gasteiger charge is -2.41. The van der Waals surface area contributed by atoms with E-state index in [0.29, 0.717) is 0 Å². The van der Waals surface area contributed by atoms with E-state index in [1.54, 1.807) is 18.8 Å². The smallest absolute Gasteiger partial charge is 0.239 e. The average molecular weight is 382 g/mol. The van der Waals surface area contributed by atoms with Gasteiger partial charge in [0, 0.05) is 12.0 Å². The number of likely N-dealkylation sites (N-methyl/N-ethyl adjacent to an activating group) is 1. The van der Waals surface area contributed by atoms with Crippen molar-refractivity contribution in [3.63, 3.8) is 0 Å². The fourth-order valence-electron chi connectivity index (χ4n) is 3.98. The molecule has 2 heterocycles. The molecule has 1 aromatic carbocycles. The van der Waals surface area contributed by atoms with Crippen molar-refractivity contribution >= 4 is 23.6 Å². The van der Waals surface area contributed by atoms with Crippen molar-refractivity contribution in [3.05, 3.63) is 46.4 Å². The van der Waals surface area contributed by atoms with Gasteiger partial charge in [-0.1, -0.05) is 30.3 Å². The van der Waals surface area contributed by atoms with Gasteiger partial charge in [-0.25, -0.2) is 4.99 Å². The van der Waals surface area contributed by atoms with Crippen LogP contribution in [0, 0.1) is 11.3 Å². The van der Waals surface area contributed by atoms with Gasteiger partial charge in [-0.15, -0.1) is 11.8 Å². The molecule has 1 saturated carbocycles. The van der Waals surface area contributed by atoms with Crippen LogP contribution in [0.5, 0.6) is 0 Å². The molecule has 2 aliphatic heterocycles. The van der Waals surface area contributed by atoms with Gasteiger partial charge in [0.05, 0.1) is 22.8 Å². The van der Waals surface area contributed by atoms with E-state index in [4.69, 9.17) is 16.5 Å². The first-order chi connectivity index (χ1) is 12.8. The Morgan fingerprint density at radius 1 is 1.33 bits per heavy atom. The Labute approximate surface area is 163 Å². The molecule has 0 spiro atoms. The maximum Gasteiger partial charge on any atom is 0.239 e. The number of carbonyl (C=O) groups excluding carboxylic acids is 1. The van der Waals surface area contributed by atoms with Crippen molar-refractivity contribution in [3.8, 4) is 6.07 Å². The first-order valence-corrected chi connectivity index (χ1v) is 9.96. The molecule has 3 aliphatic rings. The van der Waals surface area contributed by atoms with Crippen LogP contribution in [0.3, 0.4) is 0 Å². The molecular weight excluding hydrogens is 358 g/mol. The zero-order valence-corrected chi connectivity index (χ0v) is 16.3. The van der Waals surface area contributed by atoms with Crippen molar-refractivity contribution in [2.75, 3.05) is 7.05 Å². The Balaban J connectivity index is 1.76. The molecule has 0 radical (unpaired) electrons. The van der Waals surface area contributed by atoms with Crippen LogP contribution < -0.4 is 11.5 Å². The minimum Gasteiger partial charge on any atom is -0.369 e. The number of amides is 1. The minimum atomic E-state index is -0.777. The van der Waals surface area contributed by atoms with Gasteiger partial charge in [0.15, 0.2) is 5.96 Å². The molecule has 4 rings (SSSR count). The fraction of sp³-hybridized carbons (Fsp3) is 0.450. The normalized spacial score (nSPS) is 31.9. The SMILES string of the molecule is CN1C(=O)[C@H](c2ccc(C3(C#N)CC3)cc2)[C@@](C)(C2=CCC(N)S2)N=C1N. The monoisotopic (exact) mass is 381 g/mol. The molecule has 27 heavy (non-hydrogen) atoms. The van der Waals surface area contributed by atoms with Gasteiger partial charge in [0.1, 0.15) is 5.54 Å². The van der Waals surface area contributed by atoms with Crippen molar-refractivity contribution in [2.45, 2.75) is 48.4 Å². The van der Waals surface area contributed by atoms with Crippen LogP contribution in [-0.4, -0.2) is 34.7 Å². The first-order valence-electron chi connectivity index (χ1n) is 9.08. The third kappa shape index (κ3) is 2.75. The standard InChI is InChI=1S/C20H23N5OS/c1-19(14-7-8-15(22)27-14)16(17(26)25(2)18(23)24-19)12-3-5-13(6-4-12)20(11-21)9-10-20/h3-7,15-16H,8-10,22H2,1-2H3,(H2,23,24)/t15?,16-,19+/m0/s1. The zero-order chi connectivity index (χ0) is 19.4. The fourth-order valence-corrected chi connectivity index (χ4v) is 5.10. The van der Waals surface area contributed by atoms with Crippen LogP contribution in [0.1, 0.15) is 43.2 Å². The minimum absolute atomic E-state index is 0.0172. The molecule has 6 nitrogen and oxygen atoms in total. The summed E-state index contributed by atoms with van der Waals surface area (Å²) in [5, 5.41) is 9.40. The van der Waals surface area contributed by atoms with Crippen molar-refractivity contribution in [2.24, 2.45) is 16.5 Å². The van der Waals surface area contributed by atoms with Gasteiger partial charge >= 0.3 is 0 Å². The quantitative estimate of drug-likeness (QED) is 0.834. The maximum atomic E-state index is 13.2. The molecule has 7 heteroatoms. The topological polar surface area (TPSA) is 108 Å². The lowest BCUT2D eigenvalue weighted by atomic mass is 9.77. The number of rotatable bonds is 3. The number of guanidine groups is 1. The molecule has 140 valence electrons. The van der Waals surface area contributed by atoms with Gasteiger partial charge in [0.25, 0.3) is 0 Å². The van der Waals surface area contributed by atoms with Crippen LogP contribution in [0.4, 0.5) is 0 Å². The summed E-state index contributed by atoms with van der Waals surface area (Å²) >= 11 is 1.56. The summed E-state index contributed by atoms with van der Waals surface area (Å²) in [6.07, 6.45) is 4.62. The zero-order valence-electron chi connectivity index (χ0n) is 15.5. The largest absolute Gasteiger partial charge is 0.369 e. The number of carbonyl (C=O) groups is 1. The second-order valence-electron chi connectivity index (χ2n) is 7.72. The van der Waals surface area contributed by atoms with Crippen molar-refractivity contribution in [1.29, 1.82) is 5.26 Å². The number of hydrogen-bond acceptors (Lipinski definition) is 6. The molecule has 0 saturated heterocycles.